The molecule has 0 heterocycles. The maximum absolute atomic E-state index is 12.6. The van der Waals surface area contributed by atoms with Crippen LogP contribution < -0.4 is 0 Å². The Labute approximate surface area is 181 Å². The fraction of sp³-hybridized carbons (Fsp3) is 0.480. The number of hydrogen-bond acceptors (Lipinski definition) is 2. The first-order chi connectivity index (χ1) is 13.6. The van der Waals surface area contributed by atoms with E-state index in [1.54, 1.807) is 24.3 Å². The third kappa shape index (κ3) is 8.01. The molecule has 0 saturated carbocycles. The van der Waals surface area contributed by atoms with Gasteiger partial charge in [0.2, 0.25) is 0 Å². The molecule has 0 N–H and O–H groups in total. The van der Waals surface area contributed by atoms with Gasteiger partial charge in [-0.15, -0.1) is 12.6 Å². The summed E-state index contributed by atoms with van der Waals surface area (Å²) in [5.74, 6) is -0.00727. The highest BCUT2D eigenvalue weighted by molar-refractivity contribution is 7.80. The summed E-state index contributed by atoms with van der Waals surface area (Å²) in [6.45, 7) is 2.27. The number of benzene rings is 2. The van der Waals surface area contributed by atoms with Crippen LogP contribution in [-0.2, 0) is 6.42 Å². The maximum atomic E-state index is 12.6. The standard InChI is InChI=1S/C25H33ClOS/c1-2-3-4-5-6-7-8-9-10-11-12-20-13-18-23(24(28)19-20)25(27)21-14-16-22(26)17-15-21/h13-19,28H,2-12H2,1H3. The summed E-state index contributed by atoms with van der Waals surface area (Å²) in [4.78, 5) is 13.4. The van der Waals surface area contributed by atoms with Crippen molar-refractivity contribution in [3.63, 3.8) is 0 Å². The Hall–Kier alpha value is -1.25. The third-order valence-electron chi connectivity index (χ3n) is 5.23. The van der Waals surface area contributed by atoms with Crippen molar-refractivity contribution in [1.29, 1.82) is 0 Å². The van der Waals surface area contributed by atoms with Crippen LogP contribution in [0.15, 0.2) is 47.4 Å². The summed E-state index contributed by atoms with van der Waals surface area (Å²) in [6, 6.07) is 13.0. The van der Waals surface area contributed by atoms with Crippen LogP contribution >= 0.6 is 24.2 Å². The van der Waals surface area contributed by atoms with Gasteiger partial charge >= 0.3 is 0 Å². The van der Waals surface area contributed by atoms with Crippen LogP contribution in [0.1, 0.15) is 92.6 Å². The second-order valence-electron chi connectivity index (χ2n) is 7.62. The van der Waals surface area contributed by atoms with Gasteiger partial charge < -0.3 is 0 Å². The van der Waals surface area contributed by atoms with E-state index in [4.69, 9.17) is 11.6 Å². The minimum absolute atomic E-state index is 0.00727. The predicted octanol–water partition coefficient (Wildman–Crippen LogP) is 8.32. The summed E-state index contributed by atoms with van der Waals surface area (Å²) in [5, 5.41) is 0.634. The fourth-order valence-electron chi connectivity index (χ4n) is 3.50. The lowest BCUT2D eigenvalue weighted by molar-refractivity contribution is 0.103. The highest BCUT2D eigenvalue weighted by Gasteiger charge is 2.12. The van der Waals surface area contributed by atoms with Crippen LogP contribution in [0.4, 0.5) is 0 Å². The molecule has 0 saturated heterocycles. The molecule has 0 radical (unpaired) electrons. The number of carbonyl (C=O) groups is 1. The zero-order valence-corrected chi connectivity index (χ0v) is 18.7. The van der Waals surface area contributed by atoms with Gasteiger partial charge in [0, 0.05) is 21.0 Å². The number of rotatable bonds is 13. The lowest BCUT2D eigenvalue weighted by Gasteiger charge is -2.08. The number of aryl methyl sites for hydroxylation is 1. The SMILES string of the molecule is CCCCCCCCCCCCc1ccc(C(=O)c2ccc(Cl)cc2)c(S)c1. The van der Waals surface area contributed by atoms with Crippen LogP contribution in [0, 0.1) is 0 Å². The van der Waals surface area contributed by atoms with Crippen molar-refractivity contribution in [3.05, 3.63) is 64.2 Å². The van der Waals surface area contributed by atoms with Crippen LogP contribution in [-0.4, -0.2) is 5.78 Å². The van der Waals surface area contributed by atoms with E-state index in [9.17, 15) is 4.79 Å². The van der Waals surface area contributed by atoms with Crippen LogP contribution in [0.25, 0.3) is 0 Å². The Bertz CT molecular complexity index is 724. The lowest BCUT2D eigenvalue weighted by Crippen LogP contribution is -2.03. The molecule has 2 aromatic rings. The molecule has 0 spiro atoms. The van der Waals surface area contributed by atoms with E-state index >= 15 is 0 Å². The Morgan fingerprint density at radius 3 is 1.96 bits per heavy atom. The average Bonchev–Trinajstić information content (AvgIpc) is 2.69. The van der Waals surface area contributed by atoms with E-state index in [0.29, 0.717) is 16.1 Å². The fourth-order valence-corrected chi connectivity index (χ4v) is 3.97. The van der Waals surface area contributed by atoms with E-state index < -0.39 is 0 Å². The average molecular weight is 417 g/mol. The van der Waals surface area contributed by atoms with Crippen LogP contribution in [0.2, 0.25) is 5.02 Å². The zero-order valence-electron chi connectivity index (χ0n) is 17.1. The van der Waals surface area contributed by atoms with Crippen molar-refractivity contribution >= 4 is 30.0 Å². The number of halogens is 1. The van der Waals surface area contributed by atoms with Crippen molar-refractivity contribution in [2.75, 3.05) is 0 Å². The Morgan fingerprint density at radius 2 is 1.39 bits per heavy atom. The van der Waals surface area contributed by atoms with Crippen LogP contribution in [0.3, 0.4) is 0 Å². The lowest BCUT2D eigenvalue weighted by atomic mass is 9.99. The van der Waals surface area contributed by atoms with Gasteiger partial charge in [-0.05, 0) is 54.8 Å². The van der Waals surface area contributed by atoms with Crippen molar-refractivity contribution in [2.24, 2.45) is 0 Å². The van der Waals surface area contributed by atoms with E-state index in [1.807, 2.05) is 12.1 Å². The molecule has 0 amide bonds. The zero-order chi connectivity index (χ0) is 20.2. The molecule has 3 heteroatoms. The van der Waals surface area contributed by atoms with E-state index in [-0.39, 0.29) is 5.78 Å². The Morgan fingerprint density at radius 1 is 0.821 bits per heavy atom. The van der Waals surface area contributed by atoms with Gasteiger partial charge in [0.05, 0.1) is 0 Å². The smallest absolute Gasteiger partial charge is 0.194 e. The number of unbranched alkanes of at least 4 members (excludes halogenated alkanes) is 9. The van der Waals surface area contributed by atoms with E-state index in [2.05, 4.69) is 25.6 Å². The predicted molar refractivity (Wildman–Crippen MR) is 124 cm³/mol. The van der Waals surface area contributed by atoms with Crippen molar-refractivity contribution < 1.29 is 4.79 Å². The summed E-state index contributed by atoms with van der Waals surface area (Å²) in [5.41, 5.74) is 2.55. The molecule has 0 fully saturated rings. The quantitative estimate of drug-likeness (QED) is 0.197. The molecule has 0 atom stereocenters. The van der Waals surface area contributed by atoms with Gasteiger partial charge in [-0.3, -0.25) is 4.79 Å². The molecular weight excluding hydrogens is 384 g/mol. The Balaban J connectivity index is 1.71. The van der Waals surface area contributed by atoms with Crippen molar-refractivity contribution in [3.8, 4) is 0 Å². The molecule has 0 aliphatic rings. The topological polar surface area (TPSA) is 17.1 Å². The first-order valence-corrected chi connectivity index (χ1v) is 11.6. The number of carbonyl (C=O) groups excluding carboxylic acids is 1. The monoisotopic (exact) mass is 416 g/mol. The molecule has 2 rings (SSSR count). The highest BCUT2D eigenvalue weighted by atomic mass is 35.5. The highest BCUT2D eigenvalue weighted by Crippen LogP contribution is 2.22. The maximum Gasteiger partial charge on any atom is 0.194 e. The second kappa shape index (κ2) is 13.1. The molecular formula is C25H33ClOS. The van der Waals surface area contributed by atoms with Crippen molar-refractivity contribution in [1.82, 2.24) is 0 Å². The molecule has 1 nitrogen and oxygen atoms in total. The van der Waals surface area contributed by atoms with Crippen LogP contribution in [0.5, 0.6) is 0 Å². The number of thiol groups is 1. The first kappa shape index (κ1) is 23.0. The molecule has 152 valence electrons. The minimum Gasteiger partial charge on any atom is -0.289 e. The van der Waals surface area contributed by atoms with Gasteiger partial charge in [0.15, 0.2) is 5.78 Å². The van der Waals surface area contributed by atoms with Gasteiger partial charge in [0.1, 0.15) is 0 Å². The summed E-state index contributed by atoms with van der Waals surface area (Å²) in [7, 11) is 0. The summed E-state index contributed by atoms with van der Waals surface area (Å²) < 4.78 is 0. The molecule has 28 heavy (non-hydrogen) atoms. The van der Waals surface area contributed by atoms with E-state index in [1.165, 1.54) is 69.8 Å². The Kier molecular flexibility index (Phi) is 10.7. The normalized spacial score (nSPS) is 11.0. The van der Waals surface area contributed by atoms with Gasteiger partial charge in [0.25, 0.3) is 0 Å². The molecule has 0 unspecified atom stereocenters. The second-order valence-corrected chi connectivity index (χ2v) is 8.54. The molecule has 0 aromatic heterocycles. The number of hydrogen-bond donors (Lipinski definition) is 1. The van der Waals surface area contributed by atoms with E-state index in [0.717, 1.165) is 11.3 Å². The van der Waals surface area contributed by atoms with Gasteiger partial charge in [-0.25, -0.2) is 0 Å². The molecule has 0 aliphatic heterocycles. The summed E-state index contributed by atoms with van der Waals surface area (Å²) >= 11 is 10.5. The molecule has 0 aliphatic carbocycles. The van der Waals surface area contributed by atoms with Crippen molar-refractivity contribution in [2.45, 2.75) is 82.4 Å². The summed E-state index contributed by atoms with van der Waals surface area (Å²) in [6.07, 6.45) is 14.5. The van der Waals surface area contributed by atoms with Gasteiger partial charge in [-0.1, -0.05) is 82.4 Å². The van der Waals surface area contributed by atoms with Gasteiger partial charge in [-0.2, -0.15) is 0 Å². The molecule has 2 aromatic carbocycles. The minimum atomic E-state index is -0.00727. The first-order valence-electron chi connectivity index (χ1n) is 10.7. The largest absolute Gasteiger partial charge is 0.289 e. The third-order valence-corrected chi connectivity index (χ3v) is 5.85. The number of ketones is 1. The molecule has 0 bridgehead atoms.